The standard InChI is InChI=1S/C22H28N2O9S2/c1-31-17-3-9-20(10-4-17)35(29,30)23-13-2-14-33-18-5-7-19(8-6-18)34(27,28)22(21(25)24-26)11-15-32-16-12-22/h3-10,23,26H,2,11-16H2,1H3,(H,24,25). The summed E-state index contributed by atoms with van der Waals surface area (Å²) in [4.78, 5) is 12.3. The van der Waals surface area contributed by atoms with Gasteiger partial charge in [-0.05, 0) is 67.8 Å². The Morgan fingerprint density at radius 2 is 1.54 bits per heavy atom. The Kier molecular flexibility index (Phi) is 8.72. The summed E-state index contributed by atoms with van der Waals surface area (Å²) in [5.41, 5.74) is 1.48. The minimum atomic E-state index is -4.12. The average Bonchev–Trinajstić information content (AvgIpc) is 2.88. The van der Waals surface area contributed by atoms with Crippen LogP contribution in [-0.4, -0.2) is 66.2 Å². The Labute approximate surface area is 204 Å². The van der Waals surface area contributed by atoms with Crippen LogP contribution in [0.15, 0.2) is 58.3 Å². The molecule has 0 aliphatic carbocycles. The summed E-state index contributed by atoms with van der Waals surface area (Å²) in [7, 11) is -6.29. The number of methoxy groups -OCH3 is 1. The first kappa shape index (κ1) is 26.9. The maximum Gasteiger partial charge on any atom is 0.265 e. The molecule has 1 aliphatic heterocycles. The van der Waals surface area contributed by atoms with Crippen LogP contribution in [-0.2, 0) is 29.4 Å². The van der Waals surface area contributed by atoms with Crippen LogP contribution in [0.4, 0.5) is 0 Å². The SMILES string of the molecule is COc1ccc(S(=O)(=O)NCCCOc2ccc(S(=O)(=O)C3(C(=O)NO)CCOCC3)cc2)cc1. The monoisotopic (exact) mass is 528 g/mol. The molecular formula is C22H28N2O9S2. The van der Waals surface area contributed by atoms with Crippen molar-refractivity contribution in [2.75, 3.05) is 33.5 Å². The molecule has 1 aliphatic rings. The normalized spacial score (nSPS) is 15.8. The van der Waals surface area contributed by atoms with Gasteiger partial charge in [0.15, 0.2) is 14.6 Å². The fraction of sp³-hybridized carbons (Fsp3) is 0.409. The van der Waals surface area contributed by atoms with Crippen LogP contribution in [0, 0.1) is 0 Å². The number of amides is 1. The van der Waals surface area contributed by atoms with E-state index in [1.54, 1.807) is 12.1 Å². The van der Waals surface area contributed by atoms with Crippen molar-refractivity contribution in [3.8, 4) is 11.5 Å². The van der Waals surface area contributed by atoms with Gasteiger partial charge in [-0.1, -0.05) is 0 Å². The zero-order chi connectivity index (χ0) is 25.5. The smallest absolute Gasteiger partial charge is 0.265 e. The Morgan fingerprint density at radius 3 is 2.11 bits per heavy atom. The molecule has 0 radical (unpaired) electrons. The highest BCUT2D eigenvalue weighted by Gasteiger charge is 2.52. The third kappa shape index (κ3) is 5.93. The van der Waals surface area contributed by atoms with E-state index >= 15 is 0 Å². The van der Waals surface area contributed by atoms with Gasteiger partial charge in [-0.3, -0.25) is 10.0 Å². The van der Waals surface area contributed by atoms with Gasteiger partial charge < -0.3 is 14.2 Å². The molecule has 1 heterocycles. The Bertz CT molecular complexity index is 1210. The number of hydrogen-bond acceptors (Lipinski definition) is 9. The van der Waals surface area contributed by atoms with E-state index < -0.39 is 30.5 Å². The number of benzene rings is 2. The van der Waals surface area contributed by atoms with E-state index in [-0.39, 0.29) is 49.0 Å². The van der Waals surface area contributed by atoms with Gasteiger partial charge in [0, 0.05) is 19.8 Å². The molecular weight excluding hydrogens is 500 g/mol. The van der Waals surface area contributed by atoms with Crippen molar-refractivity contribution < 1.29 is 41.0 Å². The number of ether oxygens (including phenoxy) is 3. The van der Waals surface area contributed by atoms with Crippen LogP contribution in [0.2, 0.25) is 0 Å². The molecule has 0 unspecified atom stereocenters. The summed E-state index contributed by atoms with van der Waals surface area (Å²) < 4.78 is 67.6. The maximum absolute atomic E-state index is 13.2. The summed E-state index contributed by atoms with van der Waals surface area (Å²) in [6, 6.07) is 11.6. The molecule has 1 fully saturated rings. The molecule has 0 aromatic heterocycles. The molecule has 0 saturated carbocycles. The number of carbonyl (C=O) groups is 1. The zero-order valence-corrected chi connectivity index (χ0v) is 20.7. The van der Waals surface area contributed by atoms with Crippen molar-refractivity contribution >= 4 is 25.8 Å². The number of sulfonamides is 1. The van der Waals surface area contributed by atoms with Crippen LogP contribution >= 0.6 is 0 Å². The van der Waals surface area contributed by atoms with Crippen molar-refractivity contribution in [2.24, 2.45) is 0 Å². The van der Waals surface area contributed by atoms with E-state index in [0.29, 0.717) is 17.9 Å². The summed E-state index contributed by atoms with van der Waals surface area (Å²) in [6.07, 6.45) is 0.216. The van der Waals surface area contributed by atoms with Crippen molar-refractivity contribution in [1.82, 2.24) is 10.2 Å². The van der Waals surface area contributed by atoms with E-state index in [0.717, 1.165) is 0 Å². The molecule has 1 saturated heterocycles. The predicted octanol–water partition coefficient (Wildman–Crippen LogP) is 1.27. The molecule has 2 aromatic carbocycles. The predicted molar refractivity (Wildman–Crippen MR) is 125 cm³/mol. The lowest BCUT2D eigenvalue weighted by Crippen LogP contribution is -2.54. The lowest BCUT2D eigenvalue weighted by molar-refractivity contribution is -0.134. The first-order valence-electron chi connectivity index (χ1n) is 10.8. The third-order valence-electron chi connectivity index (χ3n) is 5.72. The maximum atomic E-state index is 13.2. The van der Waals surface area contributed by atoms with Gasteiger partial charge in [0.2, 0.25) is 10.0 Å². The zero-order valence-electron chi connectivity index (χ0n) is 19.1. The van der Waals surface area contributed by atoms with Crippen molar-refractivity contribution in [2.45, 2.75) is 33.8 Å². The highest BCUT2D eigenvalue weighted by Crippen LogP contribution is 2.35. The summed E-state index contributed by atoms with van der Waals surface area (Å²) in [5.74, 6) is -0.0522. The Morgan fingerprint density at radius 1 is 0.971 bits per heavy atom. The van der Waals surface area contributed by atoms with Gasteiger partial charge in [-0.2, -0.15) is 0 Å². The highest BCUT2D eigenvalue weighted by molar-refractivity contribution is 7.93. The largest absolute Gasteiger partial charge is 0.497 e. The van der Waals surface area contributed by atoms with Gasteiger partial charge in [-0.15, -0.1) is 0 Å². The molecule has 3 N–H and O–H groups in total. The fourth-order valence-corrected chi connectivity index (χ4v) is 6.68. The first-order chi connectivity index (χ1) is 16.7. The van der Waals surface area contributed by atoms with E-state index in [1.807, 2.05) is 0 Å². The van der Waals surface area contributed by atoms with Crippen LogP contribution in [0.25, 0.3) is 0 Å². The fourth-order valence-electron chi connectivity index (χ4n) is 3.67. The van der Waals surface area contributed by atoms with Gasteiger partial charge in [-0.25, -0.2) is 27.0 Å². The Balaban J connectivity index is 1.55. The van der Waals surface area contributed by atoms with Crippen LogP contribution in [0.3, 0.4) is 0 Å². The van der Waals surface area contributed by atoms with E-state index in [2.05, 4.69) is 4.72 Å². The van der Waals surface area contributed by atoms with Crippen molar-refractivity contribution in [1.29, 1.82) is 0 Å². The van der Waals surface area contributed by atoms with Crippen molar-refractivity contribution in [3.63, 3.8) is 0 Å². The lowest BCUT2D eigenvalue weighted by atomic mass is 9.98. The molecule has 0 atom stereocenters. The highest BCUT2D eigenvalue weighted by atomic mass is 32.2. The van der Waals surface area contributed by atoms with Gasteiger partial charge in [0.1, 0.15) is 11.5 Å². The van der Waals surface area contributed by atoms with Crippen molar-refractivity contribution in [3.05, 3.63) is 48.5 Å². The minimum absolute atomic E-state index is 0.0770. The van der Waals surface area contributed by atoms with Gasteiger partial charge >= 0.3 is 0 Å². The number of nitrogens with one attached hydrogen (secondary N) is 2. The first-order valence-corrected chi connectivity index (χ1v) is 13.8. The molecule has 0 bridgehead atoms. The molecule has 11 nitrogen and oxygen atoms in total. The molecule has 3 rings (SSSR count). The van der Waals surface area contributed by atoms with Crippen LogP contribution in [0.5, 0.6) is 11.5 Å². The van der Waals surface area contributed by atoms with Crippen LogP contribution < -0.4 is 19.7 Å². The van der Waals surface area contributed by atoms with Crippen LogP contribution in [0.1, 0.15) is 19.3 Å². The van der Waals surface area contributed by atoms with Gasteiger partial charge in [0.05, 0.1) is 23.5 Å². The summed E-state index contributed by atoms with van der Waals surface area (Å²) in [5, 5.41) is 9.11. The lowest BCUT2D eigenvalue weighted by Gasteiger charge is -2.34. The van der Waals surface area contributed by atoms with E-state index in [1.165, 1.54) is 49.0 Å². The topological polar surface area (TPSA) is 157 Å². The van der Waals surface area contributed by atoms with E-state index in [4.69, 9.17) is 19.4 Å². The molecule has 1 amide bonds. The number of carbonyl (C=O) groups excluding carboxylic acids is 1. The van der Waals surface area contributed by atoms with E-state index in [9.17, 15) is 21.6 Å². The second kappa shape index (κ2) is 11.4. The minimum Gasteiger partial charge on any atom is -0.497 e. The number of hydroxylamine groups is 1. The summed E-state index contributed by atoms with van der Waals surface area (Å²) in [6.45, 7) is 0.485. The molecule has 13 heteroatoms. The summed E-state index contributed by atoms with van der Waals surface area (Å²) >= 11 is 0. The Hall–Kier alpha value is -2.71. The molecule has 2 aromatic rings. The molecule has 0 spiro atoms. The second-order valence-corrected chi connectivity index (χ2v) is 11.8. The number of hydrogen-bond donors (Lipinski definition) is 3. The quantitative estimate of drug-likeness (QED) is 0.222. The number of sulfone groups is 1. The third-order valence-corrected chi connectivity index (χ3v) is 9.71. The molecule has 192 valence electrons. The number of rotatable bonds is 11. The molecule has 35 heavy (non-hydrogen) atoms. The second-order valence-electron chi connectivity index (χ2n) is 7.80. The average molecular weight is 529 g/mol. The van der Waals surface area contributed by atoms with Gasteiger partial charge in [0.25, 0.3) is 5.91 Å².